The van der Waals surface area contributed by atoms with E-state index in [0.717, 1.165) is 13.1 Å². The summed E-state index contributed by atoms with van der Waals surface area (Å²) in [4.78, 5) is 1.70. The summed E-state index contributed by atoms with van der Waals surface area (Å²) in [5, 5.41) is 15.7. The van der Waals surface area contributed by atoms with Crippen LogP contribution in [0.1, 0.15) is 13.8 Å². The van der Waals surface area contributed by atoms with Gasteiger partial charge < -0.3 is 20.8 Å². The van der Waals surface area contributed by atoms with E-state index in [-0.39, 0.29) is 31.4 Å². The summed E-state index contributed by atoms with van der Waals surface area (Å²) in [5.74, 6) is 0. The molecule has 0 bridgehead atoms. The number of aliphatic hydroxyl groups excluding tert-OH is 2. The third-order valence-corrected chi connectivity index (χ3v) is 1.29. The zero-order chi connectivity index (χ0) is 10.1. The number of nitrogens with two attached hydrogens (primary N) is 1. The predicted molar refractivity (Wildman–Crippen MR) is 67.5 cm³/mol. The Balaban J connectivity index is -0.000000173. The normalized spacial score (nSPS) is 7.23. The van der Waals surface area contributed by atoms with Crippen molar-refractivity contribution in [3.8, 4) is 0 Å². The molecular weight excluding hydrogens is 405 g/mol. The van der Waals surface area contributed by atoms with E-state index in [1.54, 1.807) is 4.90 Å². The van der Waals surface area contributed by atoms with E-state index < -0.39 is 5.17 Å². The number of nitrogens with zero attached hydrogens (tertiary/aromatic N) is 1. The molecule has 0 aromatic heterocycles. The molecule has 0 saturated carbocycles. The van der Waals surface area contributed by atoms with Crippen LogP contribution in [0.2, 0.25) is 0 Å². The Morgan fingerprint density at radius 1 is 1.23 bits per heavy atom. The monoisotopic (exact) mass is 422 g/mol. The van der Waals surface area contributed by atoms with Crippen LogP contribution in [-0.2, 0) is 0 Å². The number of rotatable bonds is 2. The first-order valence-electron chi connectivity index (χ1n) is 3.41. The van der Waals surface area contributed by atoms with Gasteiger partial charge in [0.1, 0.15) is 0 Å². The molecule has 7 heteroatoms. The standard InChI is InChI=1S/C5H11NOS.CH3NOS.Bi.3H/c1-3-6(4-2)5(7)8;2-1(3)4;;;;/h3-4H2,1-2H3,(H,7,8);(H3,2,3,4);;;;. The van der Waals surface area contributed by atoms with Crippen LogP contribution in [-0.4, -0.2) is 64.8 Å². The Morgan fingerprint density at radius 3 is 1.46 bits per heavy atom. The zero-order valence-electron chi connectivity index (χ0n) is 7.86. The number of hydrogen-bond donors (Lipinski definition) is 3. The van der Waals surface area contributed by atoms with E-state index in [1.165, 1.54) is 0 Å². The van der Waals surface area contributed by atoms with Crippen LogP contribution in [0.5, 0.6) is 0 Å². The molecule has 0 aliphatic rings. The van der Waals surface area contributed by atoms with Crippen LogP contribution >= 0.6 is 24.4 Å². The second-order valence-corrected chi connectivity index (χ2v) is 2.58. The summed E-state index contributed by atoms with van der Waals surface area (Å²) in [6.07, 6.45) is 0. The molecule has 0 atom stereocenters. The Labute approximate surface area is 108 Å². The molecule has 0 aliphatic carbocycles. The molecule has 4 N–H and O–H groups in total. The topological polar surface area (TPSA) is 69.7 Å². The molecule has 0 radical (unpaired) electrons. The van der Waals surface area contributed by atoms with Crippen molar-refractivity contribution in [2.75, 3.05) is 13.1 Å². The van der Waals surface area contributed by atoms with Crippen molar-refractivity contribution < 1.29 is 10.2 Å². The molecule has 4 nitrogen and oxygen atoms in total. The Morgan fingerprint density at radius 2 is 1.46 bits per heavy atom. The molecule has 0 amide bonds. The van der Waals surface area contributed by atoms with Gasteiger partial charge in [-0.3, -0.25) is 0 Å². The number of aliphatic hydroxyl groups is 2. The van der Waals surface area contributed by atoms with Gasteiger partial charge in [0.05, 0.1) is 0 Å². The Bertz CT molecular complexity index is 150. The second-order valence-electron chi connectivity index (χ2n) is 1.79. The zero-order valence-corrected chi connectivity index (χ0v) is 15.0. The van der Waals surface area contributed by atoms with Crippen molar-refractivity contribution in [3.63, 3.8) is 0 Å². The molecule has 0 aromatic rings. The molecule has 0 rings (SSSR count). The summed E-state index contributed by atoms with van der Waals surface area (Å²) in [5.41, 5.74) is 4.40. The summed E-state index contributed by atoms with van der Waals surface area (Å²) in [6, 6.07) is 0. The first-order chi connectivity index (χ1) is 5.45. The van der Waals surface area contributed by atoms with Crippen LogP contribution in [0.25, 0.3) is 0 Å². The van der Waals surface area contributed by atoms with Gasteiger partial charge >= 0.3 is 26.2 Å². The van der Waals surface area contributed by atoms with Crippen molar-refractivity contribution in [1.82, 2.24) is 4.90 Å². The molecule has 0 aliphatic heterocycles. The Hall–Kier alpha value is 0.263. The van der Waals surface area contributed by atoms with Gasteiger partial charge in [-0.2, -0.15) is 0 Å². The third-order valence-electron chi connectivity index (χ3n) is 1.03. The molecule has 0 spiro atoms. The molecule has 0 aromatic carbocycles. The van der Waals surface area contributed by atoms with Gasteiger partial charge in [0.2, 0.25) is 0 Å². The van der Waals surface area contributed by atoms with E-state index in [0.29, 0.717) is 0 Å². The third kappa shape index (κ3) is 18.9. The summed E-state index contributed by atoms with van der Waals surface area (Å²) >= 11 is 8.37. The molecule has 0 fully saturated rings. The van der Waals surface area contributed by atoms with Gasteiger partial charge in [0.15, 0.2) is 0 Å². The molecule has 0 unspecified atom stereocenters. The summed E-state index contributed by atoms with van der Waals surface area (Å²) in [6.45, 7) is 5.47. The van der Waals surface area contributed by atoms with Gasteiger partial charge in [-0.05, 0) is 38.3 Å². The van der Waals surface area contributed by atoms with Gasteiger partial charge in [0.25, 0.3) is 10.3 Å². The van der Waals surface area contributed by atoms with Gasteiger partial charge in [0, 0.05) is 13.1 Å². The van der Waals surface area contributed by atoms with Gasteiger partial charge in [-0.1, -0.05) is 0 Å². The van der Waals surface area contributed by atoms with Gasteiger partial charge in [-0.15, -0.1) is 0 Å². The maximum atomic E-state index is 8.67. The fraction of sp³-hybridized carbons (Fsp3) is 0.667. The summed E-state index contributed by atoms with van der Waals surface area (Å²) in [7, 11) is 0. The van der Waals surface area contributed by atoms with Crippen LogP contribution < -0.4 is 5.73 Å². The average molecular weight is 422 g/mol. The molecule has 13 heavy (non-hydrogen) atoms. The Kier molecular flexibility index (Phi) is 17.9. The van der Waals surface area contributed by atoms with E-state index in [1.807, 2.05) is 13.8 Å². The van der Waals surface area contributed by atoms with Crippen molar-refractivity contribution >= 4 is 61.0 Å². The molecule has 0 saturated heterocycles. The predicted octanol–water partition coefficient (Wildman–Crippen LogP) is -0.225. The first-order valence-corrected chi connectivity index (χ1v) is 4.23. The van der Waals surface area contributed by atoms with Crippen LogP contribution in [0.4, 0.5) is 0 Å². The SMILES string of the molecule is CCN(CC)C(O)=S.NC(O)=S.[BiH3]. The van der Waals surface area contributed by atoms with E-state index in [9.17, 15) is 0 Å². The van der Waals surface area contributed by atoms with E-state index in [2.05, 4.69) is 30.2 Å². The quantitative estimate of drug-likeness (QED) is 0.422. The van der Waals surface area contributed by atoms with Crippen molar-refractivity contribution in [1.29, 1.82) is 0 Å². The number of hydrogen-bond acceptors (Lipinski definition) is 2. The maximum absolute atomic E-state index is 8.67. The molecule has 0 heterocycles. The van der Waals surface area contributed by atoms with Gasteiger partial charge in [-0.25, -0.2) is 0 Å². The van der Waals surface area contributed by atoms with E-state index >= 15 is 0 Å². The van der Waals surface area contributed by atoms with Crippen molar-refractivity contribution in [2.45, 2.75) is 13.8 Å². The minimum atomic E-state index is -0.500. The molecule has 80 valence electrons. The fourth-order valence-electron chi connectivity index (χ4n) is 0.494. The molecular formula is C6H17BiN2O2S2. The van der Waals surface area contributed by atoms with Crippen LogP contribution in [0, 0.1) is 0 Å². The van der Waals surface area contributed by atoms with E-state index in [4.69, 9.17) is 10.2 Å². The summed E-state index contributed by atoms with van der Waals surface area (Å²) < 4.78 is 0. The van der Waals surface area contributed by atoms with Crippen LogP contribution in [0.3, 0.4) is 0 Å². The minimum absolute atomic E-state index is 0. The van der Waals surface area contributed by atoms with Crippen molar-refractivity contribution in [3.05, 3.63) is 0 Å². The first kappa shape index (κ1) is 18.9. The fourth-order valence-corrected chi connectivity index (χ4v) is 0.752. The second kappa shape index (κ2) is 12.3. The van der Waals surface area contributed by atoms with Crippen LogP contribution in [0.15, 0.2) is 0 Å². The number of thiocarbonyl (C=S) groups is 2. The average Bonchev–Trinajstić information content (AvgIpc) is 1.87. The van der Waals surface area contributed by atoms with Crippen molar-refractivity contribution in [2.24, 2.45) is 5.73 Å².